The molecule has 0 N–H and O–H groups in total. The predicted molar refractivity (Wildman–Crippen MR) is 114 cm³/mol. The maximum absolute atomic E-state index is 13.9. The van der Waals surface area contributed by atoms with E-state index in [1.807, 2.05) is 29.2 Å². The highest BCUT2D eigenvalue weighted by Crippen LogP contribution is 2.30. The van der Waals surface area contributed by atoms with Gasteiger partial charge in [0.25, 0.3) is 5.95 Å². The van der Waals surface area contributed by atoms with Gasteiger partial charge in [0.2, 0.25) is 6.80 Å². The van der Waals surface area contributed by atoms with Crippen molar-refractivity contribution in [2.75, 3.05) is 18.0 Å². The number of Topliss-reactive ketones (excluding diaryl/α,β-unsaturated/α-hetero) is 1. The molecular formula is C23H22F3N5O. The molecule has 4 rings (SSSR count). The summed E-state index contributed by atoms with van der Waals surface area (Å²) in [6.07, 6.45) is 1.70. The first-order valence-corrected chi connectivity index (χ1v) is 10.4. The molecule has 9 heteroatoms. The fourth-order valence-electron chi connectivity index (χ4n) is 3.89. The molecule has 0 fully saturated rings. The van der Waals surface area contributed by atoms with Crippen LogP contribution in [0.3, 0.4) is 0 Å². The SMILES string of the molecule is CCC1=C(c2ccc(CC(=O)c3cccc(F)c3F)cc2)CN(c2nnn(CF)n2)CC1. The molecule has 0 saturated heterocycles. The molecule has 0 bridgehead atoms. The fraction of sp³-hybridized carbons (Fsp3) is 0.304. The van der Waals surface area contributed by atoms with E-state index in [1.165, 1.54) is 17.7 Å². The van der Waals surface area contributed by atoms with E-state index >= 15 is 0 Å². The average Bonchev–Trinajstić information content (AvgIpc) is 3.30. The second kappa shape index (κ2) is 9.33. The lowest BCUT2D eigenvalue weighted by atomic mass is 9.91. The van der Waals surface area contributed by atoms with Crippen molar-refractivity contribution in [2.45, 2.75) is 33.0 Å². The smallest absolute Gasteiger partial charge is 0.266 e. The van der Waals surface area contributed by atoms with Crippen LogP contribution in [0.15, 0.2) is 48.0 Å². The molecule has 32 heavy (non-hydrogen) atoms. The minimum absolute atomic E-state index is 0.0251. The number of carbonyl (C=O) groups excluding carboxylic acids is 1. The Morgan fingerprint density at radius 2 is 1.91 bits per heavy atom. The summed E-state index contributed by atoms with van der Waals surface area (Å²) in [5.41, 5.74) is 3.90. The van der Waals surface area contributed by atoms with Crippen molar-refractivity contribution in [2.24, 2.45) is 0 Å². The Morgan fingerprint density at radius 3 is 2.59 bits per heavy atom. The zero-order chi connectivity index (χ0) is 22.7. The molecule has 0 unspecified atom stereocenters. The number of hydrogen-bond acceptors (Lipinski definition) is 5. The Labute approximate surface area is 183 Å². The molecule has 0 amide bonds. The predicted octanol–water partition coefficient (Wildman–Crippen LogP) is 4.38. The number of tetrazole rings is 1. The average molecular weight is 441 g/mol. The third-order valence-corrected chi connectivity index (χ3v) is 5.64. The van der Waals surface area contributed by atoms with Gasteiger partial charge in [0.15, 0.2) is 17.4 Å². The summed E-state index contributed by atoms with van der Waals surface area (Å²) < 4.78 is 40.1. The van der Waals surface area contributed by atoms with E-state index in [2.05, 4.69) is 22.3 Å². The highest BCUT2D eigenvalue weighted by molar-refractivity contribution is 5.97. The van der Waals surface area contributed by atoms with Crippen LogP contribution >= 0.6 is 0 Å². The largest absolute Gasteiger partial charge is 0.334 e. The van der Waals surface area contributed by atoms with Crippen molar-refractivity contribution in [3.8, 4) is 0 Å². The third-order valence-electron chi connectivity index (χ3n) is 5.64. The number of benzene rings is 2. The molecule has 6 nitrogen and oxygen atoms in total. The molecule has 0 radical (unpaired) electrons. The molecule has 1 aliphatic rings. The van der Waals surface area contributed by atoms with Crippen LogP contribution < -0.4 is 4.90 Å². The van der Waals surface area contributed by atoms with Gasteiger partial charge >= 0.3 is 0 Å². The molecule has 166 valence electrons. The number of rotatable bonds is 7. The highest BCUT2D eigenvalue weighted by Gasteiger charge is 2.23. The van der Waals surface area contributed by atoms with E-state index in [1.54, 1.807) is 0 Å². The normalized spacial score (nSPS) is 14.2. The Bertz CT molecular complexity index is 1160. The lowest BCUT2D eigenvalue weighted by molar-refractivity contribution is 0.0988. The number of nitrogens with zero attached hydrogens (tertiary/aromatic N) is 5. The monoisotopic (exact) mass is 441 g/mol. The minimum atomic E-state index is -1.12. The molecule has 1 aromatic heterocycles. The summed E-state index contributed by atoms with van der Waals surface area (Å²) in [5.74, 6) is -2.25. The molecular weight excluding hydrogens is 419 g/mol. The number of alkyl halides is 1. The van der Waals surface area contributed by atoms with Gasteiger partial charge in [-0.05, 0) is 46.9 Å². The van der Waals surface area contributed by atoms with E-state index in [-0.39, 0.29) is 12.0 Å². The Kier molecular flexibility index (Phi) is 6.34. The van der Waals surface area contributed by atoms with Crippen LogP contribution in [0.25, 0.3) is 5.57 Å². The first-order valence-electron chi connectivity index (χ1n) is 10.4. The number of halogens is 3. The molecule has 2 aromatic carbocycles. The summed E-state index contributed by atoms with van der Waals surface area (Å²) in [4.78, 5) is 15.3. The van der Waals surface area contributed by atoms with E-state index in [0.29, 0.717) is 18.1 Å². The number of ketones is 1. The van der Waals surface area contributed by atoms with Crippen molar-refractivity contribution in [1.29, 1.82) is 0 Å². The first-order chi connectivity index (χ1) is 15.5. The summed E-state index contributed by atoms with van der Waals surface area (Å²) >= 11 is 0. The van der Waals surface area contributed by atoms with Crippen LogP contribution in [-0.2, 0) is 13.2 Å². The van der Waals surface area contributed by atoms with Crippen molar-refractivity contribution in [3.63, 3.8) is 0 Å². The van der Waals surface area contributed by atoms with Gasteiger partial charge < -0.3 is 4.90 Å². The van der Waals surface area contributed by atoms with Gasteiger partial charge in [-0.25, -0.2) is 13.2 Å². The Balaban J connectivity index is 1.52. The summed E-state index contributed by atoms with van der Waals surface area (Å²) in [6, 6.07) is 11.1. The van der Waals surface area contributed by atoms with Crippen LogP contribution in [0.1, 0.15) is 41.3 Å². The number of aromatic nitrogens is 4. The molecule has 0 aliphatic carbocycles. The first kappa shape index (κ1) is 21.7. The molecule has 0 saturated carbocycles. The Hall–Kier alpha value is -3.49. The second-order valence-electron chi connectivity index (χ2n) is 7.59. The van der Waals surface area contributed by atoms with Crippen molar-refractivity contribution < 1.29 is 18.0 Å². The maximum Gasteiger partial charge on any atom is 0.266 e. The maximum atomic E-state index is 13.9. The van der Waals surface area contributed by atoms with Crippen LogP contribution in [0.4, 0.5) is 19.1 Å². The highest BCUT2D eigenvalue weighted by atomic mass is 19.2. The standard InChI is InChI=1S/C23H22F3N5O/c1-2-16-10-11-30(23-27-29-31(14-24)28-23)13-19(16)17-8-6-15(7-9-17)12-21(32)18-4-3-5-20(25)22(18)26/h3-9H,2,10-14H2,1H3. The number of anilines is 1. The van der Waals surface area contributed by atoms with Crippen LogP contribution in [-0.4, -0.2) is 39.1 Å². The number of carbonyl (C=O) groups is 1. The van der Waals surface area contributed by atoms with Crippen molar-refractivity contribution >= 4 is 17.3 Å². The van der Waals surface area contributed by atoms with Gasteiger partial charge in [-0.15, -0.1) is 9.90 Å². The van der Waals surface area contributed by atoms with Crippen molar-refractivity contribution in [3.05, 3.63) is 76.4 Å². The van der Waals surface area contributed by atoms with E-state index in [0.717, 1.165) is 41.4 Å². The van der Waals surface area contributed by atoms with Gasteiger partial charge in [-0.3, -0.25) is 4.79 Å². The van der Waals surface area contributed by atoms with Crippen LogP contribution in [0.5, 0.6) is 0 Å². The second-order valence-corrected chi connectivity index (χ2v) is 7.59. The van der Waals surface area contributed by atoms with Gasteiger partial charge in [0.05, 0.1) is 5.56 Å². The molecule has 0 spiro atoms. The zero-order valence-corrected chi connectivity index (χ0v) is 17.6. The lowest BCUT2D eigenvalue weighted by Crippen LogP contribution is -2.32. The summed E-state index contributed by atoms with van der Waals surface area (Å²) in [6.45, 7) is 2.55. The Morgan fingerprint density at radius 1 is 1.12 bits per heavy atom. The van der Waals surface area contributed by atoms with Crippen LogP contribution in [0, 0.1) is 11.6 Å². The number of hydrogen-bond donors (Lipinski definition) is 0. The molecule has 3 aromatic rings. The third kappa shape index (κ3) is 4.42. The molecule has 1 aliphatic heterocycles. The summed E-state index contributed by atoms with van der Waals surface area (Å²) in [5, 5.41) is 11.7. The van der Waals surface area contributed by atoms with E-state index < -0.39 is 24.2 Å². The minimum Gasteiger partial charge on any atom is -0.334 e. The summed E-state index contributed by atoms with van der Waals surface area (Å²) in [7, 11) is 0. The quantitative estimate of drug-likeness (QED) is 0.510. The van der Waals surface area contributed by atoms with Crippen LogP contribution in [0.2, 0.25) is 0 Å². The molecule has 0 atom stereocenters. The fourth-order valence-corrected chi connectivity index (χ4v) is 3.89. The van der Waals surface area contributed by atoms with Gasteiger partial charge in [0, 0.05) is 19.5 Å². The van der Waals surface area contributed by atoms with Gasteiger partial charge in [-0.2, -0.15) is 0 Å². The van der Waals surface area contributed by atoms with Crippen molar-refractivity contribution in [1.82, 2.24) is 20.2 Å². The molecule has 2 heterocycles. The van der Waals surface area contributed by atoms with E-state index in [9.17, 15) is 18.0 Å². The zero-order valence-electron chi connectivity index (χ0n) is 17.6. The van der Waals surface area contributed by atoms with E-state index in [4.69, 9.17) is 0 Å². The topological polar surface area (TPSA) is 63.9 Å². The lowest BCUT2D eigenvalue weighted by Gasteiger charge is -2.30. The van der Waals surface area contributed by atoms with Gasteiger partial charge in [-0.1, -0.05) is 47.9 Å². The van der Waals surface area contributed by atoms with Gasteiger partial charge in [0.1, 0.15) is 0 Å².